The Morgan fingerprint density at radius 3 is 2.70 bits per heavy atom. The van der Waals surface area contributed by atoms with Crippen molar-refractivity contribution >= 4 is 17.4 Å². The van der Waals surface area contributed by atoms with E-state index >= 15 is 0 Å². The molecule has 108 valence electrons. The van der Waals surface area contributed by atoms with E-state index < -0.39 is 4.92 Å². The summed E-state index contributed by atoms with van der Waals surface area (Å²) in [6.45, 7) is 4.30. The van der Waals surface area contributed by atoms with E-state index in [-0.39, 0.29) is 17.8 Å². The standard InChI is InChI=1S/C13H18N4O3/c1-2-16(12-7-8-14-9-12)13(18)15-10-3-5-11(6-4-10)17(19)20/h3-6,12,14H,2,7-9H2,1H3,(H,15,18). The molecule has 0 aromatic heterocycles. The molecular formula is C13H18N4O3. The van der Waals surface area contributed by atoms with Crippen molar-refractivity contribution in [1.29, 1.82) is 0 Å². The first-order chi connectivity index (χ1) is 9.61. The number of carbonyl (C=O) groups is 1. The van der Waals surface area contributed by atoms with Crippen LogP contribution >= 0.6 is 0 Å². The van der Waals surface area contributed by atoms with Crippen LogP contribution in [0.3, 0.4) is 0 Å². The average molecular weight is 278 g/mol. The Labute approximate surface area is 117 Å². The maximum Gasteiger partial charge on any atom is 0.322 e. The third-order valence-corrected chi connectivity index (χ3v) is 3.41. The first-order valence-electron chi connectivity index (χ1n) is 6.64. The van der Waals surface area contributed by atoms with E-state index in [0.717, 1.165) is 19.5 Å². The van der Waals surface area contributed by atoms with Gasteiger partial charge in [-0.15, -0.1) is 0 Å². The zero-order chi connectivity index (χ0) is 14.5. The van der Waals surface area contributed by atoms with Gasteiger partial charge in [-0.05, 0) is 32.0 Å². The van der Waals surface area contributed by atoms with Gasteiger partial charge in [0.1, 0.15) is 0 Å². The lowest BCUT2D eigenvalue weighted by molar-refractivity contribution is -0.384. The fourth-order valence-electron chi connectivity index (χ4n) is 2.33. The number of anilines is 1. The molecule has 7 nitrogen and oxygen atoms in total. The third kappa shape index (κ3) is 3.24. The summed E-state index contributed by atoms with van der Waals surface area (Å²) in [6.07, 6.45) is 0.946. The molecule has 1 fully saturated rings. The van der Waals surface area contributed by atoms with E-state index in [4.69, 9.17) is 0 Å². The molecule has 0 spiro atoms. The number of benzene rings is 1. The van der Waals surface area contributed by atoms with Crippen LogP contribution in [0.5, 0.6) is 0 Å². The number of amides is 2. The molecule has 20 heavy (non-hydrogen) atoms. The summed E-state index contributed by atoms with van der Waals surface area (Å²) < 4.78 is 0. The van der Waals surface area contributed by atoms with Gasteiger partial charge in [-0.25, -0.2) is 4.79 Å². The number of carbonyl (C=O) groups excluding carboxylic acids is 1. The van der Waals surface area contributed by atoms with Crippen molar-refractivity contribution in [3.05, 3.63) is 34.4 Å². The molecule has 0 saturated carbocycles. The molecule has 1 aliphatic rings. The lowest BCUT2D eigenvalue weighted by Gasteiger charge is -2.27. The minimum absolute atomic E-state index is 0.00957. The van der Waals surface area contributed by atoms with Crippen LogP contribution in [0.2, 0.25) is 0 Å². The van der Waals surface area contributed by atoms with Crippen molar-refractivity contribution in [2.45, 2.75) is 19.4 Å². The molecule has 1 saturated heterocycles. The molecule has 1 atom stereocenters. The van der Waals surface area contributed by atoms with Crippen molar-refractivity contribution in [3.63, 3.8) is 0 Å². The highest BCUT2D eigenvalue weighted by Crippen LogP contribution is 2.17. The van der Waals surface area contributed by atoms with E-state index in [0.29, 0.717) is 12.2 Å². The van der Waals surface area contributed by atoms with Crippen LogP contribution in [0.25, 0.3) is 0 Å². The molecule has 1 aromatic rings. The lowest BCUT2D eigenvalue weighted by Crippen LogP contribution is -2.43. The highest BCUT2D eigenvalue weighted by Gasteiger charge is 2.25. The third-order valence-electron chi connectivity index (χ3n) is 3.41. The first-order valence-corrected chi connectivity index (χ1v) is 6.64. The SMILES string of the molecule is CCN(C(=O)Nc1ccc([N+](=O)[O-])cc1)C1CCNC1. The minimum Gasteiger partial charge on any atom is -0.321 e. The molecule has 0 radical (unpaired) electrons. The number of non-ortho nitro benzene ring substituents is 1. The summed E-state index contributed by atoms with van der Waals surface area (Å²) in [5, 5.41) is 16.6. The smallest absolute Gasteiger partial charge is 0.321 e. The zero-order valence-electron chi connectivity index (χ0n) is 11.3. The van der Waals surface area contributed by atoms with Crippen LogP contribution in [0, 0.1) is 10.1 Å². The van der Waals surface area contributed by atoms with E-state index in [9.17, 15) is 14.9 Å². The molecule has 0 aliphatic carbocycles. The summed E-state index contributed by atoms with van der Waals surface area (Å²) in [5.41, 5.74) is 0.570. The second-order valence-corrected chi connectivity index (χ2v) is 4.67. The highest BCUT2D eigenvalue weighted by molar-refractivity contribution is 5.89. The second kappa shape index (κ2) is 6.33. The quantitative estimate of drug-likeness (QED) is 0.649. The topological polar surface area (TPSA) is 87.5 Å². The summed E-state index contributed by atoms with van der Waals surface area (Å²) in [6, 6.07) is 5.87. The van der Waals surface area contributed by atoms with Gasteiger partial charge in [0, 0.05) is 37.0 Å². The fourth-order valence-corrected chi connectivity index (χ4v) is 2.33. The van der Waals surface area contributed by atoms with Gasteiger partial charge in [0.15, 0.2) is 0 Å². The number of nitro benzene ring substituents is 1. The van der Waals surface area contributed by atoms with Crippen LogP contribution in [0.15, 0.2) is 24.3 Å². The maximum atomic E-state index is 12.2. The molecule has 7 heteroatoms. The number of hydrogen-bond acceptors (Lipinski definition) is 4. The van der Waals surface area contributed by atoms with Gasteiger partial charge in [0.2, 0.25) is 0 Å². The summed E-state index contributed by atoms with van der Waals surface area (Å²) in [5.74, 6) is 0. The molecule has 2 N–H and O–H groups in total. The molecule has 1 heterocycles. The molecule has 0 bridgehead atoms. The van der Waals surface area contributed by atoms with Gasteiger partial charge in [-0.2, -0.15) is 0 Å². The van der Waals surface area contributed by atoms with Crippen LogP contribution in [0.4, 0.5) is 16.2 Å². The van der Waals surface area contributed by atoms with Crippen molar-refractivity contribution < 1.29 is 9.72 Å². The molecule has 1 aliphatic heterocycles. The predicted octanol–water partition coefficient (Wildman–Crippen LogP) is 1.81. The number of nitrogens with zero attached hydrogens (tertiary/aromatic N) is 2. The Morgan fingerprint density at radius 2 is 2.20 bits per heavy atom. The molecule has 1 unspecified atom stereocenters. The van der Waals surface area contributed by atoms with Crippen LogP contribution < -0.4 is 10.6 Å². The Hall–Kier alpha value is -2.15. The highest BCUT2D eigenvalue weighted by atomic mass is 16.6. The van der Waals surface area contributed by atoms with Crippen molar-refractivity contribution in [2.24, 2.45) is 0 Å². The molecular weight excluding hydrogens is 260 g/mol. The lowest BCUT2D eigenvalue weighted by atomic mass is 10.2. The number of nitro groups is 1. The number of hydrogen-bond donors (Lipinski definition) is 2. The number of urea groups is 1. The summed E-state index contributed by atoms with van der Waals surface area (Å²) in [4.78, 5) is 24.1. The Morgan fingerprint density at radius 1 is 1.50 bits per heavy atom. The second-order valence-electron chi connectivity index (χ2n) is 4.67. The van der Waals surface area contributed by atoms with Gasteiger partial charge in [0.05, 0.1) is 4.92 Å². The first kappa shape index (κ1) is 14.3. The Bertz CT molecular complexity index is 483. The summed E-state index contributed by atoms with van der Waals surface area (Å²) in [7, 11) is 0. The van der Waals surface area contributed by atoms with Crippen molar-refractivity contribution in [1.82, 2.24) is 10.2 Å². The van der Waals surface area contributed by atoms with E-state index in [2.05, 4.69) is 10.6 Å². The van der Waals surface area contributed by atoms with Gasteiger partial charge in [-0.1, -0.05) is 0 Å². The molecule has 2 amide bonds. The minimum atomic E-state index is -0.464. The monoisotopic (exact) mass is 278 g/mol. The summed E-state index contributed by atoms with van der Waals surface area (Å²) >= 11 is 0. The van der Waals surface area contributed by atoms with Crippen LogP contribution in [-0.4, -0.2) is 41.5 Å². The van der Waals surface area contributed by atoms with Gasteiger partial charge < -0.3 is 15.5 Å². The Kier molecular flexibility index (Phi) is 4.52. The largest absolute Gasteiger partial charge is 0.322 e. The predicted molar refractivity (Wildman–Crippen MR) is 75.8 cm³/mol. The maximum absolute atomic E-state index is 12.2. The van der Waals surface area contributed by atoms with E-state index in [1.54, 1.807) is 4.90 Å². The molecule has 1 aromatic carbocycles. The van der Waals surface area contributed by atoms with Crippen LogP contribution in [-0.2, 0) is 0 Å². The zero-order valence-corrected chi connectivity index (χ0v) is 11.3. The fraction of sp³-hybridized carbons (Fsp3) is 0.462. The van der Waals surface area contributed by atoms with E-state index in [1.807, 2.05) is 6.92 Å². The van der Waals surface area contributed by atoms with Crippen molar-refractivity contribution in [2.75, 3.05) is 25.0 Å². The van der Waals surface area contributed by atoms with Gasteiger partial charge in [-0.3, -0.25) is 10.1 Å². The number of rotatable bonds is 4. The normalized spacial score (nSPS) is 17.8. The van der Waals surface area contributed by atoms with Gasteiger partial charge in [0.25, 0.3) is 5.69 Å². The van der Waals surface area contributed by atoms with Crippen LogP contribution in [0.1, 0.15) is 13.3 Å². The number of nitrogens with one attached hydrogen (secondary N) is 2. The Balaban J connectivity index is 2.00. The number of likely N-dealkylation sites (N-methyl/N-ethyl adjacent to an activating group) is 1. The average Bonchev–Trinajstić information content (AvgIpc) is 2.94. The van der Waals surface area contributed by atoms with Crippen molar-refractivity contribution in [3.8, 4) is 0 Å². The van der Waals surface area contributed by atoms with Gasteiger partial charge >= 0.3 is 6.03 Å². The van der Waals surface area contributed by atoms with E-state index in [1.165, 1.54) is 24.3 Å². The molecule has 2 rings (SSSR count).